The highest BCUT2D eigenvalue weighted by atomic mass is 32.2. The van der Waals surface area contributed by atoms with Gasteiger partial charge in [0.05, 0.1) is 11.2 Å². The van der Waals surface area contributed by atoms with Crippen molar-refractivity contribution < 1.29 is 0 Å². The van der Waals surface area contributed by atoms with Crippen LogP contribution >= 0.6 is 11.8 Å². The Labute approximate surface area is 149 Å². The van der Waals surface area contributed by atoms with Crippen molar-refractivity contribution >= 4 is 46.6 Å². The summed E-state index contributed by atoms with van der Waals surface area (Å²) in [7, 11) is 0. The number of thioether (sulfide) groups is 1. The van der Waals surface area contributed by atoms with E-state index in [4.69, 9.17) is 5.73 Å². The molecule has 0 fully saturated rings. The van der Waals surface area contributed by atoms with Crippen molar-refractivity contribution in [3.63, 3.8) is 0 Å². The highest BCUT2D eigenvalue weighted by molar-refractivity contribution is 7.98. The van der Waals surface area contributed by atoms with Crippen LogP contribution in [-0.4, -0.2) is 36.8 Å². The number of benzene rings is 1. The van der Waals surface area contributed by atoms with Crippen molar-refractivity contribution in [2.45, 2.75) is 32.6 Å². The van der Waals surface area contributed by atoms with Gasteiger partial charge in [0, 0.05) is 18.5 Å². The molecule has 0 saturated carbocycles. The summed E-state index contributed by atoms with van der Waals surface area (Å²) in [5, 5.41) is 1.11. The van der Waals surface area contributed by atoms with E-state index in [0.29, 0.717) is 5.82 Å². The van der Waals surface area contributed by atoms with Gasteiger partial charge in [-0.15, -0.1) is 0 Å². The molecular formula is C19H28N4S. The second kappa shape index (κ2) is 9.52. The zero-order chi connectivity index (χ0) is 17.4. The van der Waals surface area contributed by atoms with Crippen LogP contribution < -0.4 is 10.6 Å². The average Bonchev–Trinajstić information content (AvgIpc) is 2.60. The summed E-state index contributed by atoms with van der Waals surface area (Å²) < 4.78 is 0. The molecule has 24 heavy (non-hydrogen) atoms. The van der Waals surface area contributed by atoms with E-state index in [0.717, 1.165) is 54.6 Å². The van der Waals surface area contributed by atoms with Crippen LogP contribution in [0.4, 0.5) is 17.2 Å². The number of hydrogen-bond acceptors (Lipinski definition) is 5. The summed E-state index contributed by atoms with van der Waals surface area (Å²) in [5.74, 6) is 1.66. The first-order valence-electron chi connectivity index (χ1n) is 8.61. The van der Waals surface area contributed by atoms with Crippen molar-refractivity contribution in [2.75, 3.05) is 35.7 Å². The normalized spacial score (nSPS) is 10.9. The quantitative estimate of drug-likeness (QED) is 0.492. The van der Waals surface area contributed by atoms with Gasteiger partial charge >= 0.3 is 0 Å². The molecule has 0 spiro atoms. The van der Waals surface area contributed by atoms with E-state index in [-0.39, 0.29) is 0 Å². The average molecular weight is 345 g/mol. The van der Waals surface area contributed by atoms with Crippen molar-refractivity contribution in [1.29, 1.82) is 0 Å². The molecule has 1 heterocycles. The molecule has 5 heteroatoms. The van der Waals surface area contributed by atoms with Gasteiger partial charge < -0.3 is 10.6 Å². The molecule has 0 saturated heterocycles. The molecule has 2 N–H and O–H groups in total. The van der Waals surface area contributed by atoms with Crippen LogP contribution in [0.1, 0.15) is 32.6 Å². The molecule has 130 valence electrons. The Morgan fingerprint density at radius 1 is 1.21 bits per heavy atom. The summed E-state index contributed by atoms with van der Waals surface area (Å²) in [6.45, 7) is 7.97. The number of anilines is 2. The van der Waals surface area contributed by atoms with Crippen LogP contribution in [0, 0.1) is 0 Å². The van der Waals surface area contributed by atoms with Gasteiger partial charge in [-0.05, 0) is 44.1 Å². The third kappa shape index (κ3) is 4.41. The van der Waals surface area contributed by atoms with Crippen LogP contribution in [-0.2, 0) is 0 Å². The third-order valence-corrected chi connectivity index (χ3v) is 4.85. The van der Waals surface area contributed by atoms with Gasteiger partial charge in [-0.2, -0.15) is 11.8 Å². The fourth-order valence-electron chi connectivity index (χ4n) is 2.91. The van der Waals surface area contributed by atoms with E-state index in [1.807, 2.05) is 30.0 Å². The van der Waals surface area contributed by atoms with Gasteiger partial charge in [0.1, 0.15) is 5.69 Å². The molecule has 2 aromatic rings. The molecule has 0 aliphatic carbocycles. The number of nitrogen functional groups attached to an aromatic ring is 1. The van der Waals surface area contributed by atoms with E-state index in [1.165, 1.54) is 12.2 Å². The molecule has 1 aromatic carbocycles. The predicted molar refractivity (Wildman–Crippen MR) is 110 cm³/mol. The molecule has 0 unspecified atom stereocenters. The molecule has 2 rings (SSSR count). The van der Waals surface area contributed by atoms with Gasteiger partial charge in [-0.1, -0.05) is 31.5 Å². The van der Waals surface area contributed by atoms with Crippen molar-refractivity contribution in [1.82, 2.24) is 4.98 Å². The molecule has 0 aliphatic rings. The number of unbranched alkanes of at least 4 members (excludes halogenated alkanes) is 2. The minimum atomic E-state index is 0.462. The predicted octanol–water partition coefficient (Wildman–Crippen LogP) is 4.90. The number of aromatic nitrogens is 1. The maximum Gasteiger partial charge on any atom is 0.152 e. The molecule has 4 nitrogen and oxygen atoms in total. The highest BCUT2D eigenvalue weighted by Gasteiger charge is 2.18. The second-order valence-corrected chi connectivity index (χ2v) is 6.90. The Morgan fingerprint density at radius 2 is 1.96 bits per heavy atom. The zero-order valence-electron chi connectivity index (χ0n) is 14.8. The number of pyridine rings is 1. The van der Waals surface area contributed by atoms with Crippen LogP contribution in [0.2, 0.25) is 0 Å². The Bertz CT molecular complexity index is 672. The van der Waals surface area contributed by atoms with Crippen LogP contribution in [0.3, 0.4) is 0 Å². The smallest absolute Gasteiger partial charge is 0.152 e. The number of para-hydroxylation sites is 1. The van der Waals surface area contributed by atoms with E-state index >= 15 is 0 Å². The van der Waals surface area contributed by atoms with E-state index in [1.54, 1.807) is 0 Å². The molecule has 0 bridgehead atoms. The third-order valence-electron chi connectivity index (χ3n) is 4.15. The molecule has 0 atom stereocenters. The maximum absolute atomic E-state index is 6.17. The summed E-state index contributed by atoms with van der Waals surface area (Å²) in [5.41, 5.74) is 8.89. The van der Waals surface area contributed by atoms with E-state index in [9.17, 15) is 0 Å². The lowest BCUT2D eigenvalue weighted by Gasteiger charge is -2.28. The number of nitrogens with zero attached hydrogens (tertiary/aromatic N) is 3. The van der Waals surface area contributed by atoms with E-state index in [2.05, 4.69) is 40.8 Å². The lowest BCUT2D eigenvalue weighted by Crippen LogP contribution is -2.26. The summed E-state index contributed by atoms with van der Waals surface area (Å²) >= 11 is 1.90. The van der Waals surface area contributed by atoms with Crippen molar-refractivity contribution in [3.05, 3.63) is 24.3 Å². The van der Waals surface area contributed by atoms with Crippen LogP contribution in [0.5, 0.6) is 0 Å². The summed E-state index contributed by atoms with van der Waals surface area (Å²) in [6.07, 6.45) is 6.86. The largest absolute Gasteiger partial charge is 0.382 e. The lowest BCUT2D eigenvalue weighted by molar-refractivity contribution is 0.682. The molecule has 0 aliphatic heterocycles. The van der Waals surface area contributed by atoms with Crippen molar-refractivity contribution in [3.8, 4) is 0 Å². The number of fused-ring (bicyclic) bond motifs is 1. The van der Waals surface area contributed by atoms with E-state index < -0.39 is 0 Å². The van der Waals surface area contributed by atoms with Gasteiger partial charge in [0.15, 0.2) is 5.82 Å². The molecule has 0 amide bonds. The van der Waals surface area contributed by atoms with Gasteiger partial charge in [0.25, 0.3) is 0 Å². The minimum Gasteiger partial charge on any atom is -0.382 e. The van der Waals surface area contributed by atoms with Crippen LogP contribution in [0.25, 0.3) is 10.9 Å². The van der Waals surface area contributed by atoms with Gasteiger partial charge in [-0.25, -0.2) is 4.98 Å². The lowest BCUT2D eigenvalue weighted by atomic mass is 10.1. The molecule has 0 radical (unpaired) electrons. The van der Waals surface area contributed by atoms with Crippen LogP contribution in [0.15, 0.2) is 29.3 Å². The fraction of sp³-hybridized carbons (Fsp3) is 0.474. The molecular weight excluding hydrogens is 316 g/mol. The Balaban J connectivity index is 2.43. The number of hydrogen-bond donors (Lipinski definition) is 1. The number of rotatable bonds is 10. The first-order chi connectivity index (χ1) is 11.7. The Kier molecular flexibility index (Phi) is 7.37. The SMILES string of the molecule is C=Nc1c(N)nc2ccccc2c1N(CCCC)CCCCSC. The minimum absolute atomic E-state index is 0.462. The highest BCUT2D eigenvalue weighted by Crippen LogP contribution is 2.39. The maximum atomic E-state index is 6.17. The Morgan fingerprint density at radius 3 is 2.67 bits per heavy atom. The fourth-order valence-corrected chi connectivity index (χ4v) is 3.41. The first-order valence-corrected chi connectivity index (χ1v) is 10.0. The number of nitrogens with two attached hydrogens (primary N) is 1. The van der Waals surface area contributed by atoms with Gasteiger partial charge in [-0.3, -0.25) is 4.99 Å². The second-order valence-electron chi connectivity index (χ2n) is 5.91. The van der Waals surface area contributed by atoms with Crippen molar-refractivity contribution in [2.24, 2.45) is 4.99 Å². The summed E-state index contributed by atoms with van der Waals surface area (Å²) in [4.78, 5) is 11.1. The first kappa shape index (κ1) is 18.6. The molecule has 1 aromatic heterocycles. The zero-order valence-corrected chi connectivity index (χ0v) is 15.6. The monoisotopic (exact) mass is 344 g/mol. The topological polar surface area (TPSA) is 54.5 Å². The number of aliphatic imine (C=N–C) groups is 1. The standard InChI is InChI=1S/C19H28N4S/c1-4-5-12-23(13-8-9-14-24-3)18-15-10-6-7-11-16(15)22-19(20)17(18)21-2/h6-7,10-11H,2,4-5,8-9,12-14H2,1,3H3,(H2,20,22). The summed E-state index contributed by atoms with van der Waals surface area (Å²) in [6, 6.07) is 8.15. The van der Waals surface area contributed by atoms with Gasteiger partial charge in [0.2, 0.25) is 0 Å². The Hall–Kier alpha value is -1.75.